The molecular weight excluding hydrogens is 398 g/mol. The lowest BCUT2D eigenvalue weighted by Gasteiger charge is -2.20. The van der Waals surface area contributed by atoms with Crippen molar-refractivity contribution in [2.45, 2.75) is 18.4 Å². The molecule has 30 heavy (non-hydrogen) atoms. The van der Waals surface area contributed by atoms with E-state index in [9.17, 15) is 13.0 Å². The first kappa shape index (κ1) is 20.1. The molecule has 3 aromatic carbocycles. The van der Waals surface area contributed by atoms with Crippen LogP contribution >= 0.6 is 0 Å². The van der Waals surface area contributed by atoms with Gasteiger partial charge in [-0.05, 0) is 36.2 Å². The number of pyridine rings is 1. The highest BCUT2D eigenvalue weighted by Crippen LogP contribution is 2.40. The molecule has 5 nitrogen and oxygen atoms in total. The van der Waals surface area contributed by atoms with Gasteiger partial charge in [-0.15, -0.1) is 0 Å². The minimum Gasteiger partial charge on any atom is -0.744 e. The van der Waals surface area contributed by atoms with Gasteiger partial charge in [0.25, 0.3) is 0 Å². The first-order chi connectivity index (χ1) is 14.3. The van der Waals surface area contributed by atoms with Crippen LogP contribution in [0.5, 0.6) is 5.75 Å². The second-order valence-electron chi connectivity index (χ2n) is 7.21. The van der Waals surface area contributed by atoms with Crippen molar-refractivity contribution < 1.29 is 22.3 Å². The van der Waals surface area contributed by atoms with Crippen molar-refractivity contribution in [2.75, 3.05) is 0 Å². The SMILES string of the molecule is C[n+]1cc2c(c3ccccc31)OCc1ccccc1-2.Cc1ccc(S(=O)(=O)[O-])cc1. The van der Waals surface area contributed by atoms with Crippen LogP contribution in [-0.2, 0) is 23.8 Å². The third-order valence-corrected chi connectivity index (χ3v) is 5.93. The van der Waals surface area contributed by atoms with Gasteiger partial charge in [-0.25, -0.2) is 13.0 Å². The van der Waals surface area contributed by atoms with Crippen molar-refractivity contribution in [2.24, 2.45) is 7.05 Å². The summed E-state index contributed by atoms with van der Waals surface area (Å²) in [4.78, 5) is -0.178. The molecule has 0 spiro atoms. The molecule has 0 aliphatic carbocycles. The predicted octanol–water partition coefficient (Wildman–Crippen LogP) is 4.12. The van der Waals surface area contributed by atoms with Gasteiger partial charge in [0.05, 0.1) is 15.8 Å². The zero-order valence-electron chi connectivity index (χ0n) is 16.7. The highest BCUT2D eigenvalue weighted by Gasteiger charge is 2.23. The minimum atomic E-state index is -4.27. The van der Waals surface area contributed by atoms with E-state index in [4.69, 9.17) is 4.74 Å². The minimum absolute atomic E-state index is 0.178. The number of aromatic nitrogens is 1. The fourth-order valence-corrected chi connectivity index (χ4v) is 4.02. The topological polar surface area (TPSA) is 70.3 Å². The molecule has 0 saturated carbocycles. The van der Waals surface area contributed by atoms with Gasteiger partial charge < -0.3 is 9.29 Å². The molecule has 0 bridgehead atoms. The summed E-state index contributed by atoms with van der Waals surface area (Å²) in [6.45, 7) is 2.47. The van der Waals surface area contributed by atoms with Gasteiger partial charge in [0, 0.05) is 6.07 Å². The number of hydrogen-bond donors (Lipinski definition) is 0. The molecular formula is C24H21NO4S. The predicted molar refractivity (Wildman–Crippen MR) is 114 cm³/mol. The number of aryl methyl sites for hydroxylation is 2. The smallest absolute Gasteiger partial charge is 0.216 e. The van der Waals surface area contributed by atoms with Crippen molar-refractivity contribution in [3.63, 3.8) is 0 Å². The van der Waals surface area contributed by atoms with Gasteiger partial charge in [-0.1, -0.05) is 54.1 Å². The van der Waals surface area contributed by atoms with Crippen LogP contribution in [0.1, 0.15) is 11.1 Å². The molecule has 0 atom stereocenters. The second-order valence-corrected chi connectivity index (χ2v) is 8.59. The fraction of sp³-hybridized carbons (Fsp3) is 0.125. The Hall–Kier alpha value is -3.22. The van der Waals surface area contributed by atoms with E-state index in [1.807, 2.05) is 6.92 Å². The lowest BCUT2D eigenvalue weighted by atomic mass is 9.96. The van der Waals surface area contributed by atoms with Gasteiger partial charge in [-0.3, -0.25) is 0 Å². The molecule has 0 amide bonds. The van der Waals surface area contributed by atoms with E-state index in [0.717, 1.165) is 11.3 Å². The molecule has 152 valence electrons. The maximum atomic E-state index is 10.4. The Labute approximate surface area is 175 Å². The number of ether oxygens (including phenoxy) is 1. The molecule has 2 heterocycles. The van der Waals surface area contributed by atoms with Crippen LogP contribution in [0.25, 0.3) is 22.0 Å². The summed E-state index contributed by atoms with van der Waals surface area (Å²) in [5.74, 6) is 1.01. The standard InChI is InChI=1S/C17H14NO.C7H8O3S/c1-18-10-15-13-7-3-2-6-12(13)11-19-17(15)14-8-4-5-9-16(14)18;1-6-2-4-7(5-3-6)11(8,9)10/h2-10H,11H2,1H3;2-5H,1H3,(H,8,9,10)/q+1;/p-1. The van der Waals surface area contributed by atoms with Crippen molar-refractivity contribution >= 4 is 21.0 Å². The quantitative estimate of drug-likeness (QED) is 0.344. The van der Waals surface area contributed by atoms with Crippen LogP contribution in [0.15, 0.2) is 83.9 Å². The summed E-state index contributed by atoms with van der Waals surface area (Å²) < 4.78 is 39.3. The Balaban J connectivity index is 0.000000170. The molecule has 6 heteroatoms. The van der Waals surface area contributed by atoms with Crippen molar-refractivity contribution in [3.05, 3.63) is 90.1 Å². The van der Waals surface area contributed by atoms with E-state index in [1.54, 1.807) is 12.1 Å². The summed E-state index contributed by atoms with van der Waals surface area (Å²) >= 11 is 0. The van der Waals surface area contributed by atoms with E-state index in [-0.39, 0.29) is 4.90 Å². The Kier molecular flexibility index (Phi) is 5.28. The summed E-state index contributed by atoms with van der Waals surface area (Å²) in [6.07, 6.45) is 2.16. The summed E-state index contributed by atoms with van der Waals surface area (Å²) in [5.41, 5.74) is 5.84. The van der Waals surface area contributed by atoms with E-state index in [0.29, 0.717) is 6.61 Å². The van der Waals surface area contributed by atoms with Gasteiger partial charge in [0.1, 0.15) is 29.5 Å². The number of para-hydroxylation sites is 1. The Morgan fingerprint density at radius 1 is 0.900 bits per heavy atom. The summed E-state index contributed by atoms with van der Waals surface area (Å²) in [5, 5.41) is 1.18. The molecule has 1 aliphatic heterocycles. The number of benzene rings is 3. The zero-order valence-corrected chi connectivity index (χ0v) is 17.5. The first-order valence-electron chi connectivity index (χ1n) is 9.49. The second kappa shape index (κ2) is 7.89. The van der Waals surface area contributed by atoms with Crippen LogP contribution in [0.4, 0.5) is 0 Å². The molecule has 0 saturated heterocycles. The zero-order chi connectivity index (χ0) is 21.3. The highest BCUT2D eigenvalue weighted by atomic mass is 32.2. The molecule has 0 unspecified atom stereocenters. The molecule has 0 fully saturated rings. The van der Waals surface area contributed by atoms with Gasteiger partial charge in [0.2, 0.25) is 5.52 Å². The van der Waals surface area contributed by atoms with Gasteiger partial charge in [0.15, 0.2) is 6.20 Å². The van der Waals surface area contributed by atoms with Crippen LogP contribution in [-0.4, -0.2) is 13.0 Å². The van der Waals surface area contributed by atoms with Crippen molar-refractivity contribution in [3.8, 4) is 16.9 Å². The highest BCUT2D eigenvalue weighted by molar-refractivity contribution is 7.85. The van der Waals surface area contributed by atoms with E-state index in [2.05, 4.69) is 66.3 Å². The summed E-state index contributed by atoms with van der Waals surface area (Å²) in [6, 6.07) is 22.6. The monoisotopic (exact) mass is 419 g/mol. The summed E-state index contributed by atoms with van der Waals surface area (Å²) in [7, 11) is -2.19. The average Bonchev–Trinajstić information content (AvgIpc) is 2.74. The molecule has 1 aliphatic rings. The van der Waals surface area contributed by atoms with Crippen LogP contribution in [0.2, 0.25) is 0 Å². The van der Waals surface area contributed by atoms with Gasteiger partial charge >= 0.3 is 0 Å². The van der Waals surface area contributed by atoms with Gasteiger partial charge in [-0.2, -0.15) is 0 Å². The molecule has 4 aromatic rings. The van der Waals surface area contributed by atoms with Crippen LogP contribution in [0, 0.1) is 6.92 Å². The Morgan fingerprint density at radius 3 is 2.30 bits per heavy atom. The van der Waals surface area contributed by atoms with E-state index >= 15 is 0 Å². The first-order valence-corrected chi connectivity index (χ1v) is 10.9. The number of hydrogen-bond acceptors (Lipinski definition) is 4. The Bertz CT molecular complexity index is 1330. The fourth-order valence-electron chi connectivity index (χ4n) is 3.55. The van der Waals surface area contributed by atoms with Crippen molar-refractivity contribution in [1.82, 2.24) is 0 Å². The molecule has 0 radical (unpaired) electrons. The van der Waals surface area contributed by atoms with Crippen LogP contribution in [0.3, 0.4) is 0 Å². The van der Waals surface area contributed by atoms with Crippen molar-refractivity contribution in [1.29, 1.82) is 0 Å². The lowest BCUT2D eigenvalue weighted by Crippen LogP contribution is -2.29. The number of rotatable bonds is 1. The average molecular weight is 420 g/mol. The molecule has 0 N–H and O–H groups in total. The molecule has 5 rings (SSSR count). The number of fused-ring (bicyclic) bond motifs is 5. The van der Waals surface area contributed by atoms with E-state index < -0.39 is 10.1 Å². The molecule has 1 aromatic heterocycles. The third-order valence-electron chi connectivity index (χ3n) is 5.09. The number of nitrogens with zero attached hydrogens (tertiary/aromatic N) is 1. The Morgan fingerprint density at radius 2 is 1.57 bits per heavy atom. The third kappa shape index (κ3) is 3.92. The maximum Gasteiger partial charge on any atom is 0.216 e. The normalized spacial score (nSPS) is 12.2. The van der Waals surface area contributed by atoms with Crippen LogP contribution < -0.4 is 9.30 Å². The van der Waals surface area contributed by atoms with E-state index in [1.165, 1.54) is 39.7 Å². The maximum absolute atomic E-state index is 10.4. The lowest BCUT2D eigenvalue weighted by molar-refractivity contribution is -0.644. The largest absolute Gasteiger partial charge is 0.744 e.